The Kier molecular flexibility index (Phi) is 10.4. The summed E-state index contributed by atoms with van der Waals surface area (Å²) in [7, 11) is 0. The fraction of sp³-hybridized carbons (Fsp3) is 0.500. The zero-order valence-corrected chi connectivity index (χ0v) is 22.5. The number of carboxylic acid groups (broad SMARTS) is 1. The Labute approximate surface area is 228 Å². The number of amides is 2. The van der Waals surface area contributed by atoms with Crippen LogP contribution >= 0.6 is 11.8 Å². The number of β-lactam (4-membered cyclic amide) rings is 1. The van der Waals surface area contributed by atoms with Crippen LogP contribution in [0.3, 0.4) is 0 Å². The molecule has 2 fully saturated rings. The third-order valence-electron chi connectivity index (χ3n) is 5.28. The van der Waals surface area contributed by atoms with Crippen LogP contribution in [0.4, 0.5) is 0 Å². The van der Waals surface area contributed by atoms with E-state index < -0.39 is 58.7 Å². The van der Waals surface area contributed by atoms with E-state index >= 15 is 0 Å². The minimum atomic E-state index is -1.27. The fourth-order valence-corrected chi connectivity index (χ4v) is 5.31. The van der Waals surface area contributed by atoms with E-state index in [9.17, 15) is 29.1 Å². The molecule has 0 radical (unpaired) electrons. The molecule has 35 heavy (non-hydrogen) atoms. The first-order chi connectivity index (χ1) is 16.1. The summed E-state index contributed by atoms with van der Waals surface area (Å²) in [6.45, 7) is 2.65. The van der Waals surface area contributed by atoms with E-state index in [1.165, 1.54) is 16.7 Å². The number of hydrogen-bond donors (Lipinski definition) is 1. The molecule has 2 aliphatic heterocycles. The van der Waals surface area contributed by atoms with Gasteiger partial charge in [-0.3, -0.25) is 14.4 Å². The summed E-state index contributed by atoms with van der Waals surface area (Å²) in [5, 5.41) is 12.6. The van der Waals surface area contributed by atoms with Crippen molar-refractivity contribution < 1.29 is 72.8 Å². The van der Waals surface area contributed by atoms with Crippen molar-refractivity contribution in [3.63, 3.8) is 0 Å². The molecule has 184 valence electrons. The van der Waals surface area contributed by atoms with Gasteiger partial charge < -0.3 is 34.3 Å². The molecule has 13 heteroatoms. The summed E-state index contributed by atoms with van der Waals surface area (Å²) in [6, 6.07) is 7.06. The molecule has 1 aromatic carbocycles. The summed E-state index contributed by atoms with van der Waals surface area (Å²) in [5.74, 6) is -3.08. The standard InChI is InChI=1S/C22H26N2O9S.Na/c1-22(2)18(21(30)33-12-32-16(28)10-6-9-15(26)27)24-19(29)17(20(24)34-22)23-14(25)11-31-13-7-4-3-5-8-13;/h3-5,7-8,17-18,20H,6,9-12H2,1-2H3,(H,23,25)(H,26,27);/q;+1/p-1/t17-,18+,20-;/m1./s1. The van der Waals surface area contributed by atoms with E-state index in [1.807, 2.05) is 6.07 Å². The first-order valence-corrected chi connectivity index (χ1v) is 11.5. The van der Waals surface area contributed by atoms with E-state index in [0.29, 0.717) is 5.75 Å². The van der Waals surface area contributed by atoms with Crippen molar-refractivity contribution in [2.75, 3.05) is 13.4 Å². The Morgan fingerprint density at radius 2 is 1.80 bits per heavy atom. The van der Waals surface area contributed by atoms with Crippen LogP contribution in [-0.4, -0.2) is 70.2 Å². The molecule has 2 saturated heterocycles. The minimum Gasteiger partial charge on any atom is -0.550 e. The number of benzene rings is 1. The van der Waals surface area contributed by atoms with Crippen LogP contribution in [0.1, 0.15) is 33.1 Å². The van der Waals surface area contributed by atoms with Crippen LogP contribution < -0.4 is 44.7 Å². The molecular formula is C22H25N2NaO9S. The number of aliphatic carboxylic acids is 1. The Hall–Kier alpha value is -2.28. The molecule has 0 unspecified atom stereocenters. The minimum absolute atomic E-state index is 0. The zero-order valence-electron chi connectivity index (χ0n) is 19.7. The summed E-state index contributed by atoms with van der Waals surface area (Å²) in [4.78, 5) is 60.9. The number of carbonyl (C=O) groups is 5. The van der Waals surface area contributed by atoms with Crippen molar-refractivity contribution in [3.8, 4) is 5.75 Å². The molecule has 0 aromatic heterocycles. The molecule has 1 aromatic rings. The van der Waals surface area contributed by atoms with Gasteiger partial charge in [-0.2, -0.15) is 0 Å². The number of fused-ring (bicyclic) bond motifs is 1. The number of hydrogen-bond acceptors (Lipinski definition) is 10. The predicted octanol–water partition coefficient (Wildman–Crippen LogP) is -3.42. The molecule has 1 N–H and O–H groups in total. The van der Waals surface area contributed by atoms with Gasteiger partial charge in [0, 0.05) is 17.1 Å². The van der Waals surface area contributed by atoms with Crippen molar-refractivity contribution in [3.05, 3.63) is 30.3 Å². The summed E-state index contributed by atoms with van der Waals surface area (Å²) >= 11 is 1.36. The van der Waals surface area contributed by atoms with Crippen LogP contribution in [0.2, 0.25) is 0 Å². The smallest absolute Gasteiger partial charge is 0.550 e. The summed E-state index contributed by atoms with van der Waals surface area (Å²) in [6.07, 6.45) is -0.385. The van der Waals surface area contributed by atoms with E-state index in [0.717, 1.165) is 0 Å². The predicted molar refractivity (Wildman–Crippen MR) is 116 cm³/mol. The molecule has 2 aliphatic rings. The Morgan fingerprint density at radius 1 is 1.11 bits per heavy atom. The Bertz CT molecular complexity index is 960. The Balaban J connectivity index is 0.00000432. The van der Waals surface area contributed by atoms with Gasteiger partial charge in [0.2, 0.25) is 12.7 Å². The van der Waals surface area contributed by atoms with Crippen molar-refractivity contribution in [2.45, 2.75) is 55.3 Å². The third-order valence-corrected chi connectivity index (χ3v) is 6.85. The SMILES string of the molecule is CC1(C)S[C@@H]2[C@H](NC(=O)COc3ccccc3)C(=O)N2[C@H]1C(=O)OCOC(=O)CCCC(=O)[O-].[Na+]. The number of para-hydroxylation sites is 1. The third kappa shape index (κ3) is 7.35. The molecule has 0 saturated carbocycles. The van der Waals surface area contributed by atoms with Crippen molar-refractivity contribution in [1.82, 2.24) is 10.2 Å². The van der Waals surface area contributed by atoms with Crippen LogP contribution in [0.15, 0.2) is 30.3 Å². The first-order valence-electron chi connectivity index (χ1n) is 10.6. The molecule has 3 rings (SSSR count). The maximum Gasteiger partial charge on any atom is 1.00 e. The van der Waals surface area contributed by atoms with E-state index in [4.69, 9.17) is 14.2 Å². The van der Waals surface area contributed by atoms with E-state index in [2.05, 4.69) is 5.32 Å². The van der Waals surface area contributed by atoms with Crippen molar-refractivity contribution in [2.24, 2.45) is 0 Å². The number of esters is 2. The van der Waals surface area contributed by atoms with Crippen molar-refractivity contribution >= 4 is 41.5 Å². The number of thioether (sulfide) groups is 1. The maximum absolute atomic E-state index is 12.7. The number of carbonyl (C=O) groups excluding carboxylic acids is 5. The molecular weight excluding hydrogens is 491 g/mol. The van der Waals surface area contributed by atoms with Gasteiger partial charge >= 0.3 is 41.5 Å². The van der Waals surface area contributed by atoms with Gasteiger partial charge in [-0.05, 0) is 38.8 Å². The molecule has 0 bridgehead atoms. The van der Waals surface area contributed by atoms with Gasteiger partial charge in [-0.15, -0.1) is 11.8 Å². The molecule has 3 atom stereocenters. The van der Waals surface area contributed by atoms with Crippen LogP contribution in [0, 0.1) is 0 Å². The number of carboxylic acids is 1. The quantitative estimate of drug-likeness (QED) is 0.136. The fourth-order valence-electron chi connectivity index (χ4n) is 3.69. The van der Waals surface area contributed by atoms with E-state index in [1.54, 1.807) is 38.1 Å². The van der Waals surface area contributed by atoms with Crippen LogP contribution in [-0.2, 0) is 33.4 Å². The number of ether oxygens (including phenoxy) is 3. The van der Waals surface area contributed by atoms with Gasteiger partial charge in [-0.1, -0.05) is 18.2 Å². The van der Waals surface area contributed by atoms with Crippen LogP contribution in [0.25, 0.3) is 0 Å². The largest absolute Gasteiger partial charge is 1.00 e. The van der Waals surface area contributed by atoms with Gasteiger partial charge in [0.1, 0.15) is 23.2 Å². The van der Waals surface area contributed by atoms with Crippen LogP contribution in [0.5, 0.6) is 5.75 Å². The van der Waals surface area contributed by atoms with Gasteiger partial charge in [-0.25, -0.2) is 4.79 Å². The Morgan fingerprint density at radius 3 is 2.46 bits per heavy atom. The van der Waals surface area contributed by atoms with E-state index in [-0.39, 0.29) is 55.4 Å². The number of nitrogens with zero attached hydrogens (tertiary/aromatic N) is 1. The van der Waals surface area contributed by atoms with Gasteiger partial charge in [0.15, 0.2) is 6.61 Å². The summed E-state index contributed by atoms with van der Waals surface area (Å²) < 4.78 is 14.5. The number of rotatable bonds is 11. The average Bonchev–Trinajstić information content (AvgIpc) is 3.04. The second-order valence-electron chi connectivity index (χ2n) is 8.23. The topological polar surface area (TPSA) is 151 Å². The molecule has 0 spiro atoms. The normalized spacial score (nSPS) is 21.6. The maximum atomic E-state index is 12.7. The first kappa shape index (κ1) is 29.0. The molecule has 2 amide bonds. The molecule has 2 heterocycles. The molecule has 0 aliphatic carbocycles. The van der Waals surface area contributed by atoms with Crippen molar-refractivity contribution in [1.29, 1.82) is 0 Å². The monoisotopic (exact) mass is 516 g/mol. The second kappa shape index (κ2) is 12.6. The summed E-state index contributed by atoms with van der Waals surface area (Å²) in [5.41, 5.74) is 0. The zero-order chi connectivity index (χ0) is 24.9. The van der Waals surface area contributed by atoms with Gasteiger partial charge in [0.25, 0.3) is 5.91 Å². The average molecular weight is 517 g/mol. The number of nitrogens with one attached hydrogen (secondary N) is 1. The second-order valence-corrected chi connectivity index (χ2v) is 10.0. The van der Waals surface area contributed by atoms with Gasteiger partial charge in [0.05, 0.1) is 0 Å². The molecule has 11 nitrogen and oxygen atoms in total.